The molecule has 1 fully saturated rings. The van der Waals surface area contributed by atoms with Crippen molar-refractivity contribution in [3.05, 3.63) is 48.0 Å². The van der Waals surface area contributed by atoms with Gasteiger partial charge in [0.1, 0.15) is 24.2 Å². The molecule has 1 aliphatic rings. The molecule has 6 amide bonds. The van der Waals surface area contributed by atoms with E-state index in [0.29, 0.717) is 45.3 Å². The van der Waals surface area contributed by atoms with E-state index in [2.05, 4.69) is 36.6 Å². The van der Waals surface area contributed by atoms with Crippen LogP contribution in [-0.4, -0.2) is 120 Å². The van der Waals surface area contributed by atoms with E-state index < -0.39 is 77.9 Å². The van der Waals surface area contributed by atoms with Gasteiger partial charge in [-0.2, -0.15) is 0 Å². The lowest BCUT2D eigenvalue weighted by molar-refractivity contribution is -0.141. The number of aliphatic carboxylic acids is 1. The van der Waals surface area contributed by atoms with Gasteiger partial charge in [0.15, 0.2) is 11.9 Å². The molecular weight excluding hydrogens is 837 g/mol. The van der Waals surface area contributed by atoms with Gasteiger partial charge in [0.05, 0.1) is 12.8 Å². The molecule has 20 nitrogen and oxygen atoms in total. The lowest BCUT2D eigenvalue weighted by Gasteiger charge is -2.32. The van der Waals surface area contributed by atoms with Gasteiger partial charge in [-0.1, -0.05) is 83.0 Å². The van der Waals surface area contributed by atoms with E-state index >= 15 is 0 Å². The maximum atomic E-state index is 14.1. The Bertz CT molecular complexity index is 2000. The molecule has 1 saturated heterocycles. The molecule has 65 heavy (non-hydrogen) atoms. The summed E-state index contributed by atoms with van der Waals surface area (Å²) >= 11 is 0. The van der Waals surface area contributed by atoms with Crippen LogP contribution in [0.5, 0.6) is 0 Å². The van der Waals surface area contributed by atoms with Crippen LogP contribution in [0.4, 0.5) is 0 Å². The van der Waals surface area contributed by atoms with Gasteiger partial charge in [0, 0.05) is 38.6 Å². The molecule has 1 heterocycles. The van der Waals surface area contributed by atoms with E-state index in [-0.39, 0.29) is 62.5 Å². The Balaban J connectivity index is 1.72. The Morgan fingerprint density at radius 2 is 1.29 bits per heavy atom. The number of benzene rings is 2. The fourth-order valence-electron chi connectivity index (χ4n) is 7.28. The Morgan fingerprint density at radius 3 is 1.86 bits per heavy atom. The van der Waals surface area contributed by atoms with Crippen molar-refractivity contribution in [3.8, 4) is 0 Å². The Hall–Kier alpha value is -6.47. The zero-order valence-electron chi connectivity index (χ0n) is 38.1. The second kappa shape index (κ2) is 27.0. The number of nitrogens with one attached hydrogen (secondary N) is 5. The van der Waals surface area contributed by atoms with Crippen LogP contribution >= 0.6 is 0 Å². The molecule has 0 aliphatic carbocycles. The van der Waals surface area contributed by atoms with E-state index in [1.54, 1.807) is 18.7 Å². The minimum Gasteiger partial charge on any atom is -0.481 e. The van der Waals surface area contributed by atoms with Crippen molar-refractivity contribution in [1.29, 1.82) is 0 Å². The highest BCUT2D eigenvalue weighted by atomic mass is 16.4. The third kappa shape index (κ3) is 18.3. The fourth-order valence-corrected chi connectivity index (χ4v) is 7.28. The number of piperidine rings is 1. The fraction of sp³-hybridized carbons (Fsp3) is 0.578. The topological polar surface area (TPSA) is 332 Å². The van der Waals surface area contributed by atoms with Crippen LogP contribution < -0.4 is 49.5 Å². The monoisotopic (exact) mass is 907 g/mol. The molecule has 2 aromatic carbocycles. The van der Waals surface area contributed by atoms with E-state index in [4.69, 9.17) is 22.9 Å². The number of hydrogen-bond acceptors (Lipinski definition) is 9. The first kappa shape index (κ1) is 52.9. The first-order chi connectivity index (χ1) is 30.9. The van der Waals surface area contributed by atoms with E-state index in [9.17, 15) is 38.7 Å². The van der Waals surface area contributed by atoms with Crippen LogP contribution in [0.25, 0.3) is 10.8 Å². The highest BCUT2D eigenvalue weighted by Crippen LogP contribution is 2.21. The first-order valence-corrected chi connectivity index (χ1v) is 22.5. The Morgan fingerprint density at radius 1 is 0.723 bits per heavy atom. The average Bonchev–Trinajstić information content (AvgIpc) is 3.27. The van der Waals surface area contributed by atoms with E-state index in [0.717, 1.165) is 22.8 Å². The number of carbonyl (C=O) groups is 7. The third-order valence-electron chi connectivity index (χ3n) is 11.7. The SMILES string of the molecule is CCC(C)CNC(=O)[C@H](CCCN=C(N)N)NC(=O)[C@H](CC(=O)O)NC(=O)[C@@H](NC(=O)[C@H](CCCN=C(N)N)NC(=O)C1CCN(C(=O)Cc2ccc3ccccc3c2)CC1)[C@@H](C)CC. The number of hydrogen-bond donors (Lipinski definition) is 10. The zero-order chi connectivity index (χ0) is 48.1. The predicted molar refractivity (Wildman–Crippen MR) is 249 cm³/mol. The molecule has 20 heteroatoms. The molecule has 358 valence electrons. The van der Waals surface area contributed by atoms with Crippen molar-refractivity contribution in [1.82, 2.24) is 31.5 Å². The van der Waals surface area contributed by atoms with Crippen molar-refractivity contribution in [2.45, 2.75) is 116 Å². The molecule has 0 bridgehead atoms. The number of guanidine groups is 2. The number of carboxylic acid groups (broad SMARTS) is 1. The number of nitrogens with zero attached hydrogens (tertiary/aromatic N) is 3. The zero-order valence-corrected chi connectivity index (χ0v) is 38.1. The van der Waals surface area contributed by atoms with Gasteiger partial charge in [-0.05, 0) is 66.7 Å². The van der Waals surface area contributed by atoms with Crippen LogP contribution in [0.15, 0.2) is 52.4 Å². The number of nitrogens with two attached hydrogens (primary N) is 4. The summed E-state index contributed by atoms with van der Waals surface area (Å²) in [6.45, 7) is 8.78. The second-order valence-corrected chi connectivity index (χ2v) is 16.8. The van der Waals surface area contributed by atoms with Crippen LogP contribution in [0.3, 0.4) is 0 Å². The lowest BCUT2D eigenvalue weighted by Crippen LogP contribution is -2.60. The summed E-state index contributed by atoms with van der Waals surface area (Å²) in [5.41, 5.74) is 22.7. The van der Waals surface area contributed by atoms with Crippen LogP contribution in [0, 0.1) is 17.8 Å². The molecule has 0 radical (unpaired) electrons. The molecule has 3 rings (SSSR count). The van der Waals surface area contributed by atoms with E-state index in [1.165, 1.54) is 0 Å². The molecule has 6 atom stereocenters. The van der Waals surface area contributed by atoms with E-state index in [1.807, 2.05) is 56.3 Å². The number of carboxylic acids is 1. The number of fused-ring (bicyclic) bond motifs is 1. The normalized spacial score (nSPS) is 15.5. The van der Waals surface area contributed by atoms with Crippen molar-refractivity contribution < 1.29 is 38.7 Å². The summed E-state index contributed by atoms with van der Waals surface area (Å²) in [6, 6.07) is 8.71. The van der Waals surface area contributed by atoms with Crippen LogP contribution in [0.1, 0.15) is 91.0 Å². The first-order valence-electron chi connectivity index (χ1n) is 22.5. The van der Waals surface area contributed by atoms with Crippen molar-refractivity contribution >= 4 is 64.1 Å². The summed E-state index contributed by atoms with van der Waals surface area (Å²) < 4.78 is 0. The molecule has 0 spiro atoms. The smallest absolute Gasteiger partial charge is 0.305 e. The van der Waals surface area contributed by atoms with Crippen molar-refractivity contribution in [2.24, 2.45) is 50.7 Å². The van der Waals surface area contributed by atoms with Gasteiger partial charge in [-0.25, -0.2) is 0 Å². The van der Waals surface area contributed by atoms with Gasteiger partial charge >= 0.3 is 5.97 Å². The quantitative estimate of drug-likeness (QED) is 0.0348. The number of amides is 6. The summed E-state index contributed by atoms with van der Waals surface area (Å²) in [5, 5.41) is 25.3. The van der Waals surface area contributed by atoms with Gasteiger partial charge in [0.2, 0.25) is 35.4 Å². The van der Waals surface area contributed by atoms with Gasteiger partial charge in [-0.15, -0.1) is 0 Å². The molecule has 14 N–H and O–H groups in total. The third-order valence-corrected chi connectivity index (χ3v) is 11.7. The highest BCUT2D eigenvalue weighted by Gasteiger charge is 2.35. The second-order valence-electron chi connectivity index (χ2n) is 16.8. The van der Waals surface area contributed by atoms with Gasteiger partial charge in [-0.3, -0.25) is 43.5 Å². The summed E-state index contributed by atoms with van der Waals surface area (Å²) in [7, 11) is 0. The van der Waals surface area contributed by atoms with Crippen LogP contribution in [0.2, 0.25) is 0 Å². The summed E-state index contributed by atoms with van der Waals surface area (Å²) in [6.07, 6.45) is 2.12. The van der Waals surface area contributed by atoms with Crippen LogP contribution in [-0.2, 0) is 40.0 Å². The largest absolute Gasteiger partial charge is 0.481 e. The Kier molecular flexibility index (Phi) is 22.0. The molecule has 0 saturated carbocycles. The minimum atomic E-state index is -1.63. The number of likely N-dealkylation sites (tertiary alicyclic amines) is 1. The minimum absolute atomic E-state index is 0.0459. The Labute approximate surface area is 380 Å². The maximum Gasteiger partial charge on any atom is 0.305 e. The number of carbonyl (C=O) groups excluding carboxylic acids is 6. The number of rotatable bonds is 26. The summed E-state index contributed by atoms with van der Waals surface area (Å²) in [5.74, 6) is -5.94. The van der Waals surface area contributed by atoms with Crippen molar-refractivity contribution in [3.63, 3.8) is 0 Å². The number of aliphatic imine (C=N–C) groups is 2. The van der Waals surface area contributed by atoms with Gasteiger partial charge < -0.3 is 59.5 Å². The maximum absolute atomic E-state index is 14.1. The standard InChI is InChI=1S/C45H70N12O8/c1-5-27(3)26-52-40(62)33(13-9-19-50-44(46)47)54-42(64)35(25-37(59)60)55-43(65)38(28(4)6-2)56-41(63)34(14-10-20-51-45(48)49)53-39(61)31-17-21-57(22-18-31)36(58)24-29-15-16-30-11-7-8-12-32(30)23-29/h7-8,11-12,15-16,23,27-28,31,33-35,38H,5-6,9-10,13-14,17-22,24-26H2,1-4H3,(H,52,62)(H,53,61)(H,54,64)(H,55,65)(H,56,63)(H,59,60)(H4,46,47,50)(H4,48,49,51)/t27?,28-,33-,34-,35-,38-/m0/s1. The lowest BCUT2D eigenvalue weighted by atomic mass is 9.94. The molecular formula is C45H70N12O8. The molecule has 1 aliphatic heterocycles. The molecule has 0 aromatic heterocycles. The average molecular weight is 907 g/mol. The van der Waals surface area contributed by atoms with Crippen molar-refractivity contribution in [2.75, 3.05) is 32.7 Å². The van der Waals surface area contributed by atoms with Gasteiger partial charge in [0.25, 0.3) is 0 Å². The molecule has 2 aromatic rings. The highest BCUT2D eigenvalue weighted by molar-refractivity contribution is 5.97. The molecule has 1 unspecified atom stereocenters. The summed E-state index contributed by atoms with van der Waals surface area (Å²) in [4.78, 5) is 104. The predicted octanol–water partition coefficient (Wildman–Crippen LogP) is 0.350.